The number of nitrogens with zero attached hydrogens (tertiary/aromatic N) is 2. The SMILES string of the molecule is CCN(CC(=O)O)C1CCN(Cc2ccc(Br)cc2Cl)CC1. The second-order valence-corrected chi connectivity index (χ2v) is 7.02. The van der Waals surface area contributed by atoms with E-state index in [-0.39, 0.29) is 6.54 Å². The van der Waals surface area contributed by atoms with Crippen LogP contribution in [0.15, 0.2) is 22.7 Å². The molecule has 0 aromatic heterocycles. The molecule has 22 heavy (non-hydrogen) atoms. The third-order valence-electron chi connectivity index (χ3n) is 4.23. The quantitative estimate of drug-likeness (QED) is 0.809. The number of piperidine rings is 1. The molecule has 0 amide bonds. The van der Waals surface area contributed by atoms with Gasteiger partial charge in [-0.25, -0.2) is 0 Å². The molecular formula is C16H22BrClN2O2. The normalized spacial score (nSPS) is 17.1. The number of aliphatic carboxylic acids is 1. The van der Waals surface area contributed by atoms with Crippen LogP contribution < -0.4 is 0 Å². The average Bonchev–Trinajstić information content (AvgIpc) is 2.48. The summed E-state index contributed by atoms with van der Waals surface area (Å²) in [6.07, 6.45) is 2.02. The summed E-state index contributed by atoms with van der Waals surface area (Å²) in [6, 6.07) is 6.37. The number of carbonyl (C=O) groups is 1. The molecule has 4 nitrogen and oxygen atoms in total. The highest BCUT2D eigenvalue weighted by Crippen LogP contribution is 2.24. The molecule has 1 saturated heterocycles. The standard InChI is InChI=1S/C16H22BrClN2O2/c1-2-20(11-16(21)22)14-5-7-19(8-6-14)10-12-3-4-13(17)9-15(12)18/h3-4,9,14H,2,5-8,10-11H2,1H3,(H,21,22). The van der Waals surface area contributed by atoms with E-state index < -0.39 is 5.97 Å². The van der Waals surface area contributed by atoms with Gasteiger partial charge in [0.25, 0.3) is 0 Å². The van der Waals surface area contributed by atoms with E-state index in [0.29, 0.717) is 6.04 Å². The first-order valence-corrected chi connectivity index (χ1v) is 8.78. The summed E-state index contributed by atoms with van der Waals surface area (Å²) in [4.78, 5) is 15.4. The summed E-state index contributed by atoms with van der Waals surface area (Å²) in [6.45, 7) is 5.76. The molecule has 0 bridgehead atoms. The molecule has 122 valence electrons. The number of carboxylic acid groups (broad SMARTS) is 1. The maximum absolute atomic E-state index is 10.9. The lowest BCUT2D eigenvalue weighted by Crippen LogP contribution is -2.46. The van der Waals surface area contributed by atoms with E-state index in [9.17, 15) is 4.79 Å². The van der Waals surface area contributed by atoms with Gasteiger partial charge >= 0.3 is 5.97 Å². The molecule has 1 aliphatic rings. The first-order valence-electron chi connectivity index (χ1n) is 7.61. The molecule has 1 heterocycles. The van der Waals surface area contributed by atoms with Crippen LogP contribution in [-0.2, 0) is 11.3 Å². The molecule has 6 heteroatoms. The van der Waals surface area contributed by atoms with Crippen LogP contribution in [-0.4, -0.2) is 53.1 Å². The maximum atomic E-state index is 10.9. The molecule has 0 saturated carbocycles. The number of rotatable bonds is 6. The topological polar surface area (TPSA) is 43.8 Å². The zero-order valence-corrected chi connectivity index (χ0v) is 15.1. The van der Waals surface area contributed by atoms with Gasteiger partial charge in [-0.2, -0.15) is 0 Å². The van der Waals surface area contributed by atoms with E-state index in [2.05, 4.69) is 31.8 Å². The molecule has 1 N–H and O–H groups in total. The molecule has 0 radical (unpaired) electrons. The van der Waals surface area contributed by atoms with E-state index in [1.54, 1.807) is 0 Å². The van der Waals surface area contributed by atoms with Crippen molar-refractivity contribution in [2.45, 2.75) is 32.4 Å². The van der Waals surface area contributed by atoms with Crippen LogP contribution in [0.2, 0.25) is 5.02 Å². The Morgan fingerprint density at radius 3 is 2.68 bits per heavy atom. The number of hydrogen-bond donors (Lipinski definition) is 1. The fourth-order valence-electron chi connectivity index (χ4n) is 3.01. The lowest BCUT2D eigenvalue weighted by molar-refractivity contribution is -0.139. The number of carboxylic acids is 1. The van der Waals surface area contributed by atoms with E-state index in [1.165, 1.54) is 0 Å². The van der Waals surface area contributed by atoms with Crippen LogP contribution in [0.3, 0.4) is 0 Å². The summed E-state index contributed by atoms with van der Waals surface area (Å²) < 4.78 is 0.993. The second kappa shape index (κ2) is 8.29. The minimum atomic E-state index is -0.745. The number of hydrogen-bond acceptors (Lipinski definition) is 3. The first kappa shape index (κ1) is 17.7. The number of halogens is 2. The maximum Gasteiger partial charge on any atom is 0.317 e. The summed E-state index contributed by atoms with van der Waals surface area (Å²) in [5.74, 6) is -0.745. The third-order valence-corrected chi connectivity index (χ3v) is 5.07. The fourth-order valence-corrected chi connectivity index (χ4v) is 3.74. The van der Waals surface area contributed by atoms with Crippen LogP contribution in [0.4, 0.5) is 0 Å². The molecule has 0 atom stereocenters. The van der Waals surface area contributed by atoms with Crippen LogP contribution in [0.1, 0.15) is 25.3 Å². The Balaban J connectivity index is 1.87. The molecular weight excluding hydrogens is 368 g/mol. The Labute approximate surface area is 145 Å². The van der Waals surface area contributed by atoms with Crippen molar-refractivity contribution in [2.75, 3.05) is 26.2 Å². The van der Waals surface area contributed by atoms with Gasteiger partial charge in [-0.1, -0.05) is 40.5 Å². The second-order valence-electron chi connectivity index (χ2n) is 5.70. The van der Waals surface area contributed by atoms with E-state index >= 15 is 0 Å². The summed E-state index contributed by atoms with van der Waals surface area (Å²) >= 11 is 9.70. The third kappa shape index (κ3) is 4.95. The Morgan fingerprint density at radius 2 is 2.14 bits per heavy atom. The van der Waals surface area contributed by atoms with Crippen LogP contribution >= 0.6 is 27.5 Å². The zero-order chi connectivity index (χ0) is 16.1. The zero-order valence-electron chi connectivity index (χ0n) is 12.8. The molecule has 0 unspecified atom stereocenters. The smallest absolute Gasteiger partial charge is 0.317 e. The van der Waals surface area contributed by atoms with Crippen molar-refractivity contribution in [3.63, 3.8) is 0 Å². The van der Waals surface area contributed by atoms with Crippen molar-refractivity contribution in [1.82, 2.24) is 9.80 Å². The van der Waals surface area contributed by atoms with Crippen molar-refractivity contribution in [3.05, 3.63) is 33.3 Å². The largest absolute Gasteiger partial charge is 0.480 e. The van der Waals surface area contributed by atoms with Crippen LogP contribution in [0.25, 0.3) is 0 Å². The molecule has 1 aromatic rings. The van der Waals surface area contributed by atoms with E-state index in [0.717, 1.165) is 54.1 Å². The van der Waals surface area contributed by atoms with E-state index in [4.69, 9.17) is 16.7 Å². The van der Waals surface area contributed by atoms with Gasteiger partial charge in [-0.15, -0.1) is 0 Å². The number of likely N-dealkylation sites (N-methyl/N-ethyl adjacent to an activating group) is 1. The molecule has 1 fully saturated rings. The highest BCUT2D eigenvalue weighted by atomic mass is 79.9. The van der Waals surface area contributed by atoms with Gasteiger partial charge in [0, 0.05) is 22.1 Å². The van der Waals surface area contributed by atoms with E-state index in [1.807, 2.05) is 19.1 Å². The highest BCUT2D eigenvalue weighted by Gasteiger charge is 2.25. The minimum Gasteiger partial charge on any atom is -0.480 e. The van der Waals surface area contributed by atoms with Crippen molar-refractivity contribution in [1.29, 1.82) is 0 Å². The van der Waals surface area contributed by atoms with Gasteiger partial charge in [-0.3, -0.25) is 14.6 Å². The van der Waals surface area contributed by atoms with Gasteiger partial charge in [0.15, 0.2) is 0 Å². The van der Waals surface area contributed by atoms with Crippen molar-refractivity contribution in [2.24, 2.45) is 0 Å². The molecule has 1 aliphatic heterocycles. The number of benzene rings is 1. The Hall–Kier alpha value is -0.620. The predicted molar refractivity (Wildman–Crippen MR) is 92.3 cm³/mol. The Bertz CT molecular complexity index is 519. The molecule has 2 rings (SSSR count). The summed E-state index contributed by atoms with van der Waals surface area (Å²) in [7, 11) is 0. The average molecular weight is 390 g/mol. The molecule has 0 spiro atoms. The lowest BCUT2D eigenvalue weighted by Gasteiger charge is -2.37. The predicted octanol–water partition coefficient (Wildman–Crippen LogP) is 3.47. The molecule has 0 aliphatic carbocycles. The van der Waals surface area contributed by atoms with Crippen LogP contribution in [0, 0.1) is 0 Å². The summed E-state index contributed by atoms with van der Waals surface area (Å²) in [5.41, 5.74) is 1.14. The van der Waals surface area contributed by atoms with Gasteiger partial charge in [-0.05, 0) is 50.2 Å². The fraction of sp³-hybridized carbons (Fsp3) is 0.562. The first-order chi connectivity index (χ1) is 10.5. The molecule has 1 aromatic carbocycles. The summed E-state index contributed by atoms with van der Waals surface area (Å²) in [5, 5.41) is 9.76. The number of likely N-dealkylation sites (tertiary alicyclic amines) is 1. The van der Waals surface area contributed by atoms with Gasteiger partial charge in [0.05, 0.1) is 6.54 Å². The van der Waals surface area contributed by atoms with Crippen LogP contribution in [0.5, 0.6) is 0 Å². The van der Waals surface area contributed by atoms with Gasteiger partial charge < -0.3 is 5.11 Å². The van der Waals surface area contributed by atoms with Crippen molar-refractivity contribution >= 4 is 33.5 Å². The minimum absolute atomic E-state index is 0.139. The lowest BCUT2D eigenvalue weighted by atomic mass is 10.0. The highest BCUT2D eigenvalue weighted by molar-refractivity contribution is 9.10. The Kier molecular flexibility index (Phi) is 6.68. The van der Waals surface area contributed by atoms with Gasteiger partial charge in [0.2, 0.25) is 0 Å². The monoisotopic (exact) mass is 388 g/mol. The van der Waals surface area contributed by atoms with Crippen molar-refractivity contribution in [3.8, 4) is 0 Å². The van der Waals surface area contributed by atoms with Gasteiger partial charge in [0.1, 0.15) is 0 Å². The van der Waals surface area contributed by atoms with Crippen molar-refractivity contribution < 1.29 is 9.90 Å². The Morgan fingerprint density at radius 1 is 1.45 bits per heavy atom.